The van der Waals surface area contributed by atoms with Gasteiger partial charge in [-0.15, -0.1) is 0 Å². The van der Waals surface area contributed by atoms with E-state index in [-0.39, 0.29) is 0 Å². The highest BCUT2D eigenvalue weighted by atomic mass is 16.3. The minimum absolute atomic E-state index is 0.309. The third-order valence-electron chi connectivity index (χ3n) is 5.07. The van der Waals surface area contributed by atoms with E-state index in [1.54, 1.807) is 0 Å². The summed E-state index contributed by atoms with van der Waals surface area (Å²) in [4.78, 5) is 0. The topological polar surface area (TPSA) is 60.7 Å². The number of unbranched alkanes of at least 4 members (excludes halogenated alkanes) is 1. The van der Waals surface area contributed by atoms with Crippen LogP contribution in [0.5, 0.6) is 0 Å². The van der Waals surface area contributed by atoms with Gasteiger partial charge < -0.3 is 15.3 Å². The molecule has 1 saturated carbocycles. The van der Waals surface area contributed by atoms with Gasteiger partial charge in [0.25, 0.3) is 0 Å². The van der Waals surface area contributed by atoms with Crippen LogP contribution in [0.2, 0.25) is 0 Å². The van der Waals surface area contributed by atoms with Crippen LogP contribution in [0.25, 0.3) is 0 Å². The molecule has 1 rings (SSSR count). The molecule has 0 aromatic carbocycles. The molecule has 3 nitrogen and oxygen atoms in total. The zero-order valence-electron chi connectivity index (χ0n) is 16.6. The second-order valence-corrected chi connectivity index (χ2v) is 8.98. The van der Waals surface area contributed by atoms with Crippen LogP contribution in [-0.2, 0) is 0 Å². The summed E-state index contributed by atoms with van der Waals surface area (Å²) < 4.78 is 0. The molecule has 0 aromatic rings. The third-order valence-corrected chi connectivity index (χ3v) is 5.07. The van der Waals surface area contributed by atoms with Gasteiger partial charge in [0.05, 0.1) is 17.8 Å². The largest absolute Gasteiger partial charge is 0.393 e. The molecular formula is C22H38O3. The van der Waals surface area contributed by atoms with E-state index < -0.39 is 17.8 Å². The molecule has 0 unspecified atom stereocenters. The number of rotatable bonds is 9. The highest BCUT2D eigenvalue weighted by molar-refractivity contribution is 5.37. The van der Waals surface area contributed by atoms with Gasteiger partial charge in [0.2, 0.25) is 0 Å². The van der Waals surface area contributed by atoms with E-state index in [1.165, 1.54) is 6.42 Å². The minimum Gasteiger partial charge on any atom is -0.393 e. The Bertz CT molecular complexity index is 480. The molecule has 25 heavy (non-hydrogen) atoms. The van der Waals surface area contributed by atoms with Crippen molar-refractivity contribution in [2.45, 2.75) is 96.9 Å². The lowest BCUT2D eigenvalue weighted by atomic mass is 9.81. The molecule has 1 aliphatic rings. The number of aliphatic hydroxyl groups is 3. The standard InChI is InChI=1S/C22H38O3/c1-17-18(15-19(23)16-20(17)24)11-8-6-7-9-12-21(2,3)13-10-14-22(4,5)25/h6,8,11,19-20,23-25H,1,7,9-10,12-16H2,2-5H3/t19-,20+/m1/s1. The van der Waals surface area contributed by atoms with Crippen LogP contribution in [0.15, 0.2) is 36.0 Å². The van der Waals surface area contributed by atoms with Crippen molar-refractivity contribution < 1.29 is 15.3 Å². The van der Waals surface area contributed by atoms with E-state index in [0.29, 0.717) is 18.3 Å². The molecule has 3 N–H and O–H groups in total. The predicted molar refractivity (Wildman–Crippen MR) is 105 cm³/mol. The van der Waals surface area contributed by atoms with Crippen molar-refractivity contribution in [2.75, 3.05) is 0 Å². The summed E-state index contributed by atoms with van der Waals surface area (Å²) in [6, 6.07) is 0. The first-order valence-corrected chi connectivity index (χ1v) is 9.63. The van der Waals surface area contributed by atoms with Crippen molar-refractivity contribution >= 4 is 0 Å². The van der Waals surface area contributed by atoms with Gasteiger partial charge in [-0.1, -0.05) is 45.1 Å². The number of aliphatic hydroxyl groups excluding tert-OH is 2. The van der Waals surface area contributed by atoms with Gasteiger partial charge in [0, 0.05) is 6.42 Å². The average Bonchev–Trinajstić information content (AvgIpc) is 2.45. The molecule has 0 aliphatic heterocycles. The second kappa shape index (κ2) is 9.70. The lowest BCUT2D eigenvalue weighted by molar-refractivity contribution is 0.0643. The molecule has 3 heteroatoms. The molecule has 1 fully saturated rings. The predicted octanol–water partition coefficient (Wildman–Crippen LogP) is 4.68. The monoisotopic (exact) mass is 350 g/mol. The molecule has 0 spiro atoms. The van der Waals surface area contributed by atoms with Crippen LogP contribution in [0.4, 0.5) is 0 Å². The van der Waals surface area contributed by atoms with Crippen LogP contribution in [0.3, 0.4) is 0 Å². The number of hydrogen-bond acceptors (Lipinski definition) is 3. The normalized spacial score (nSPS) is 24.4. The van der Waals surface area contributed by atoms with E-state index in [1.807, 2.05) is 26.0 Å². The Labute approximate surface area is 154 Å². The molecule has 0 heterocycles. The van der Waals surface area contributed by atoms with E-state index in [2.05, 4.69) is 26.5 Å². The maximum Gasteiger partial charge on any atom is 0.0811 e. The van der Waals surface area contributed by atoms with Gasteiger partial charge in [0.1, 0.15) is 0 Å². The van der Waals surface area contributed by atoms with Crippen molar-refractivity contribution in [1.82, 2.24) is 0 Å². The average molecular weight is 351 g/mol. The van der Waals surface area contributed by atoms with Crippen molar-refractivity contribution in [3.05, 3.63) is 36.0 Å². The SMILES string of the molecule is C=C1C(=CC=CCCCC(C)(C)CCCC(C)(C)O)C[C@@H](O)C[C@@H]1O. The molecular weight excluding hydrogens is 312 g/mol. The Hall–Kier alpha value is -0.900. The van der Waals surface area contributed by atoms with Crippen LogP contribution < -0.4 is 0 Å². The lowest BCUT2D eigenvalue weighted by Crippen LogP contribution is -2.26. The van der Waals surface area contributed by atoms with Crippen LogP contribution in [0, 0.1) is 5.41 Å². The summed E-state index contributed by atoms with van der Waals surface area (Å²) in [5.74, 6) is 0. The van der Waals surface area contributed by atoms with Crippen molar-refractivity contribution in [3.8, 4) is 0 Å². The fourth-order valence-corrected chi connectivity index (χ4v) is 3.36. The Balaban J connectivity index is 2.31. The first-order chi connectivity index (χ1) is 11.5. The van der Waals surface area contributed by atoms with E-state index in [4.69, 9.17) is 0 Å². The fourth-order valence-electron chi connectivity index (χ4n) is 3.36. The molecule has 0 bridgehead atoms. The minimum atomic E-state index is -0.618. The highest BCUT2D eigenvalue weighted by Crippen LogP contribution is 2.31. The Morgan fingerprint density at radius 2 is 1.72 bits per heavy atom. The van der Waals surface area contributed by atoms with E-state index in [9.17, 15) is 15.3 Å². The molecule has 144 valence electrons. The quantitative estimate of drug-likeness (QED) is 0.529. The first kappa shape index (κ1) is 22.1. The Morgan fingerprint density at radius 3 is 2.36 bits per heavy atom. The maximum atomic E-state index is 9.83. The Morgan fingerprint density at radius 1 is 1.08 bits per heavy atom. The first-order valence-electron chi connectivity index (χ1n) is 9.63. The van der Waals surface area contributed by atoms with Crippen molar-refractivity contribution in [1.29, 1.82) is 0 Å². The van der Waals surface area contributed by atoms with E-state index >= 15 is 0 Å². The number of hydrogen-bond donors (Lipinski definition) is 3. The second-order valence-electron chi connectivity index (χ2n) is 8.98. The molecule has 1 aliphatic carbocycles. The van der Waals surface area contributed by atoms with Gasteiger partial charge in [-0.3, -0.25) is 0 Å². The molecule has 0 radical (unpaired) electrons. The van der Waals surface area contributed by atoms with Gasteiger partial charge in [-0.2, -0.15) is 0 Å². The third kappa shape index (κ3) is 9.39. The highest BCUT2D eigenvalue weighted by Gasteiger charge is 2.24. The summed E-state index contributed by atoms with van der Waals surface area (Å²) in [5, 5.41) is 29.4. The summed E-state index contributed by atoms with van der Waals surface area (Å²) in [6.45, 7) is 12.3. The number of allylic oxidation sites excluding steroid dienone is 3. The fraction of sp³-hybridized carbons (Fsp3) is 0.727. The van der Waals surface area contributed by atoms with Gasteiger partial charge >= 0.3 is 0 Å². The van der Waals surface area contributed by atoms with Gasteiger partial charge in [-0.05, 0) is 68.9 Å². The lowest BCUT2D eigenvalue weighted by Gasteiger charge is -2.26. The molecule has 2 atom stereocenters. The zero-order valence-corrected chi connectivity index (χ0v) is 16.6. The molecule has 0 amide bonds. The Kier molecular flexibility index (Phi) is 8.59. The van der Waals surface area contributed by atoms with E-state index in [0.717, 1.165) is 43.3 Å². The summed E-state index contributed by atoms with van der Waals surface area (Å²) >= 11 is 0. The summed E-state index contributed by atoms with van der Waals surface area (Å²) in [7, 11) is 0. The molecule has 0 saturated heterocycles. The summed E-state index contributed by atoms with van der Waals surface area (Å²) in [5.41, 5.74) is 1.44. The molecule has 0 aromatic heterocycles. The zero-order chi connectivity index (χ0) is 19.1. The van der Waals surface area contributed by atoms with Crippen molar-refractivity contribution in [3.63, 3.8) is 0 Å². The summed E-state index contributed by atoms with van der Waals surface area (Å²) in [6.07, 6.45) is 12.4. The van der Waals surface area contributed by atoms with Gasteiger partial charge in [0.15, 0.2) is 0 Å². The maximum absolute atomic E-state index is 9.83. The van der Waals surface area contributed by atoms with Gasteiger partial charge in [-0.25, -0.2) is 0 Å². The van der Waals surface area contributed by atoms with Crippen LogP contribution >= 0.6 is 0 Å². The van der Waals surface area contributed by atoms with Crippen LogP contribution in [0.1, 0.15) is 79.1 Å². The van der Waals surface area contributed by atoms with Crippen LogP contribution in [-0.4, -0.2) is 33.1 Å². The van der Waals surface area contributed by atoms with Crippen molar-refractivity contribution in [2.24, 2.45) is 5.41 Å². The smallest absolute Gasteiger partial charge is 0.0811 e.